The van der Waals surface area contributed by atoms with Gasteiger partial charge in [-0.1, -0.05) is 23.7 Å². The van der Waals surface area contributed by atoms with Crippen molar-refractivity contribution in [2.75, 3.05) is 37.6 Å². The predicted molar refractivity (Wildman–Crippen MR) is 111 cm³/mol. The fourth-order valence-corrected chi connectivity index (χ4v) is 3.23. The minimum atomic E-state index is -2.28. The van der Waals surface area contributed by atoms with E-state index in [-0.39, 0.29) is 12.4 Å². The van der Waals surface area contributed by atoms with Crippen LogP contribution < -0.4 is 10.6 Å². The van der Waals surface area contributed by atoms with Crippen LogP contribution in [0, 0.1) is 0 Å². The van der Waals surface area contributed by atoms with E-state index in [1.54, 1.807) is 23.1 Å². The van der Waals surface area contributed by atoms with Gasteiger partial charge in [-0.3, -0.25) is 9.30 Å². The summed E-state index contributed by atoms with van der Waals surface area (Å²) < 4.78 is 35.7. The van der Waals surface area contributed by atoms with Crippen molar-refractivity contribution in [2.45, 2.75) is 12.9 Å². The van der Waals surface area contributed by atoms with E-state index in [0.29, 0.717) is 36.8 Å². The summed E-state index contributed by atoms with van der Waals surface area (Å²) in [5.74, 6) is 0. The topological polar surface area (TPSA) is 45.8 Å². The lowest BCUT2D eigenvalue weighted by Gasteiger charge is -2.36. The third kappa shape index (κ3) is 4.46. The fourth-order valence-electron chi connectivity index (χ4n) is 3.05. The molecule has 1 aromatic carbocycles. The van der Waals surface area contributed by atoms with Gasteiger partial charge in [0.05, 0.1) is 2.74 Å². The summed E-state index contributed by atoms with van der Waals surface area (Å²) in [5.41, 5.74) is 0.675. The van der Waals surface area contributed by atoms with Gasteiger partial charge in [-0.2, -0.15) is 0 Å². The molecule has 1 fully saturated rings. The fraction of sp³-hybridized carbons (Fsp3) is 0.368. The maximum absolute atomic E-state index is 12.5. The highest BCUT2D eigenvalue weighted by molar-refractivity contribution is 6.30. The number of aryl methyl sites for hydroxylation is 1. The maximum atomic E-state index is 12.5. The quantitative estimate of drug-likeness (QED) is 0.647. The van der Waals surface area contributed by atoms with Crippen LogP contribution in [-0.2, 0) is 6.50 Å². The summed E-state index contributed by atoms with van der Waals surface area (Å²) in [6.45, 7) is -2.19. The molecule has 0 radical (unpaired) electrons. The third-order valence-electron chi connectivity index (χ3n) is 4.41. The molecule has 0 spiro atoms. The third-order valence-corrected chi connectivity index (χ3v) is 4.65. The summed E-state index contributed by atoms with van der Waals surface area (Å²) in [6.07, 6.45) is 1.00. The second-order valence-corrected chi connectivity index (χ2v) is 6.51. The van der Waals surface area contributed by atoms with Crippen molar-refractivity contribution < 1.29 is 5.48 Å². The molecule has 0 saturated carbocycles. The zero-order chi connectivity index (χ0) is 21.5. The molecule has 3 aromatic rings. The first-order chi connectivity index (χ1) is 14.2. The van der Waals surface area contributed by atoms with Crippen molar-refractivity contribution >= 4 is 35.3 Å². The number of nitrogens with zero attached hydrogens (tertiary/aromatic N) is 5. The van der Waals surface area contributed by atoms with E-state index in [9.17, 15) is 4.79 Å². The van der Waals surface area contributed by atoms with Gasteiger partial charge in [0.1, 0.15) is 0 Å². The molecule has 0 aliphatic carbocycles. The molecule has 0 amide bonds. The molecule has 1 saturated heterocycles. The molecule has 1 aliphatic rings. The zero-order valence-corrected chi connectivity index (χ0v) is 16.2. The number of benzene rings is 1. The Morgan fingerprint density at radius 3 is 2.63 bits per heavy atom. The summed E-state index contributed by atoms with van der Waals surface area (Å²) in [5, 5.41) is 4.71. The Morgan fingerprint density at radius 2 is 1.89 bits per heavy atom. The normalized spacial score (nSPS) is 18.3. The van der Waals surface area contributed by atoms with Crippen molar-refractivity contribution in [3.8, 4) is 0 Å². The first kappa shape index (κ1) is 15.0. The lowest BCUT2D eigenvalue weighted by molar-refractivity contribution is 0.248. The van der Waals surface area contributed by atoms with Crippen molar-refractivity contribution in [1.29, 1.82) is 0 Å². The van der Waals surface area contributed by atoms with Crippen LogP contribution in [0.3, 0.4) is 0 Å². The Hall–Kier alpha value is -2.02. The van der Waals surface area contributed by atoms with Gasteiger partial charge in [0.25, 0.3) is 0 Å². The average Bonchev–Trinajstić information content (AvgIpc) is 3.05. The zero-order valence-electron chi connectivity index (χ0n) is 18.6. The van der Waals surface area contributed by atoms with Crippen molar-refractivity contribution in [3.63, 3.8) is 0 Å². The van der Waals surface area contributed by atoms with Crippen LogP contribution in [0.5, 0.6) is 0 Å². The number of pyridine rings is 1. The van der Waals surface area contributed by atoms with Gasteiger partial charge in [-0.15, -0.1) is 17.5 Å². The van der Waals surface area contributed by atoms with Crippen molar-refractivity contribution in [2.24, 2.45) is 0 Å². The Labute approximate surface area is 175 Å². The molecule has 3 heterocycles. The van der Waals surface area contributed by atoms with E-state index >= 15 is 0 Å². The summed E-state index contributed by atoms with van der Waals surface area (Å²) in [7, 11) is 0. The van der Waals surface area contributed by atoms with Crippen molar-refractivity contribution in [1.82, 2.24) is 19.1 Å². The number of halogens is 2. The van der Waals surface area contributed by atoms with Gasteiger partial charge in [-0.25, -0.2) is 9.48 Å². The van der Waals surface area contributed by atoms with E-state index in [4.69, 9.17) is 17.1 Å². The SMILES string of the molecule is Cl.[2H]C([2H])(CC([2H])([2H])n1nc2ccccn2c1=O)N1CCN(c2cccc(Cl)c2)CC1. The second kappa shape index (κ2) is 8.78. The minimum Gasteiger partial charge on any atom is -0.369 e. The average molecular weight is 412 g/mol. The molecule has 0 bridgehead atoms. The number of aromatic nitrogens is 3. The largest absolute Gasteiger partial charge is 0.369 e. The van der Waals surface area contributed by atoms with E-state index in [0.717, 1.165) is 10.4 Å². The highest BCUT2D eigenvalue weighted by Crippen LogP contribution is 2.20. The van der Waals surface area contributed by atoms with Gasteiger partial charge in [0.15, 0.2) is 5.65 Å². The van der Waals surface area contributed by atoms with Crippen LogP contribution >= 0.6 is 24.0 Å². The van der Waals surface area contributed by atoms with Crippen LogP contribution in [0.4, 0.5) is 5.69 Å². The predicted octanol–water partition coefficient (Wildman–Crippen LogP) is 2.78. The molecular weight excluding hydrogens is 385 g/mol. The van der Waals surface area contributed by atoms with Crippen molar-refractivity contribution in [3.05, 3.63) is 64.2 Å². The molecule has 1 aliphatic heterocycles. The van der Waals surface area contributed by atoms with Crippen LogP contribution in [0.15, 0.2) is 53.5 Å². The maximum Gasteiger partial charge on any atom is 0.350 e. The lowest BCUT2D eigenvalue weighted by atomic mass is 10.2. The smallest absolute Gasteiger partial charge is 0.350 e. The number of piperazine rings is 1. The van der Waals surface area contributed by atoms with E-state index in [1.807, 2.05) is 24.3 Å². The number of hydrogen-bond acceptors (Lipinski definition) is 4. The molecule has 27 heavy (non-hydrogen) atoms. The number of anilines is 1. The molecular formula is C19H23Cl2N5O. The molecule has 2 aromatic heterocycles. The van der Waals surface area contributed by atoms with Gasteiger partial charge in [-0.05, 0) is 36.8 Å². The lowest BCUT2D eigenvalue weighted by Crippen LogP contribution is -2.46. The first-order valence-electron chi connectivity index (χ1n) is 10.5. The van der Waals surface area contributed by atoms with Gasteiger partial charge in [0.2, 0.25) is 0 Å². The standard InChI is InChI=1S/C19H22ClN5O.ClH/c20-16-5-3-6-17(15-16)23-13-11-22(12-14-23)8-4-10-25-19(26)24-9-2-1-7-18(24)21-25;/h1-3,5-7,9,15H,4,8,10-14H2;1H/i8D2,10D2;. The highest BCUT2D eigenvalue weighted by Gasteiger charge is 2.17. The molecule has 4 rings (SSSR count). The van der Waals surface area contributed by atoms with E-state index < -0.39 is 25.1 Å². The molecule has 0 unspecified atom stereocenters. The van der Waals surface area contributed by atoms with Crippen LogP contribution in [0.2, 0.25) is 5.02 Å². The Balaban J connectivity index is 0.00000272. The van der Waals surface area contributed by atoms with E-state index in [2.05, 4.69) is 10.00 Å². The first-order valence-corrected chi connectivity index (χ1v) is 8.88. The Bertz CT molecular complexity index is 1110. The van der Waals surface area contributed by atoms with Crippen LogP contribution in [0.1, 0.15) is 11.9 Å². The second-order valence-electron chi connectivity index (χ2n) is 6.07. The van der Waals surface area contributed by atoms with Gasteiger partial charge < -0.3 is 4.90 Å². The molecule has 8 heteroatoms. The summed E-state index contributed by atoms with van der Waals surface area (Å²) >= 11 is 6.06. The number of fused-ring (bicyclic) bond motifs is 1. The van der Waals surface area contributed by atoms with Crippen LogP contribution in [0.25, 0.3) is 5.65 Å². The van der Waals surface area contributed by atoms with Crippen LogP contribution in [-0.4, -0.2) is 51.8 Å². The number of rotatable bonds is 5. The Morgan fingerprint density at radius 1 is 1.07 bits per heavy atom. The highest BCUT2D eigenvalue weighted by atomic mass is 35.5. The molecule has 144 valence electrons. The number of hydrogen-bond donors (Lipinski definition) is 0. The molecule has 0 atom stereocenters. The monoisotopic (exact) mass is 411 g/mol. The van der Waals surface area contributed by atoms with Gasteiger partial charge >= 0.3 is 5.69 Å². The molecule has 6 nitrogen and oxygen atoms in total. The minimum absolute atomic E-state index is 0. The summed E-state index contributed by atoms with van der Waals surface area (Å²) in [4.78, 5) is 16.3. The summed E-state index contributed by atoms with van der Waals surface area (Å²) in [6, 6.07) is 12.5. The molecule has 0 N–H and O–H groups in total. The Kier molecular flexibility index (Phi) is 4.87. The van der Waals surface area contributed by atoms with E-state index in [1.165, 1.54) is 10.6 Å². The van der Waals surface area contributed by atoms with Gasteiger partial charge in [0, 0.05) is 58.8 Å².